The summed E-state index contributed by atoms with van der Waals surface area (Å²) in [6.45, 7) is 4.34. The lowest BCUT2D eigenvalue weighted by Crippen LogP contribution is -2.35. The molecule has 0 saturated carbocycles. The highest BCUT2D eigenvalue weighted by atomic mass is 32.2. The number of carboxylic acid groups (broad SMARTS) is 1. The van der Waals surface area contributed by atoms with Crippen molar-refractivity contribution in [2.75, 3.05) is 11.1 Å². The average molecular weight is 317 g/mol. The second-order valence-electron chi connectivity index (χ2n) is 5.42. The van der Waals surface area contributed by atoms with Crippen LogP contribution in [0.15, 0.2) is 18.2 Å². The molecule has 0 saturated heterocycles. The van der Waals surface area contributed by atoms with Gasteiger partial charge in [0.05, 0.1) is 16.0 Å². The standard InChI is InChI=1S/C13H16FNO5S/c1-13(2,3)21(19,20)7-11(16)15-10-6-8(12(17)18)4-5-9(10)14/h4-6H,7H2,1-3H3,(H,15,16)(H,17,18). The fraction of sp³-hybridized carbons (Fsp3) is 0.385. The van der Waals surface area contributed by atoms with Gasteiger partial charge in [-0.25, -0.2) is 17.6 Å². The van der Waals surface area contributed by atoms with Crippen LogP contribution >= 0.6 is 0 Å². The Balaban J connectivity index is 2.95. The second kappa shape index (κ2) is 5.80. The summed E-state index contributed by atoms with van der Waals surface area (Å²) in [4.78, 5) is 22.5. The molecule has 8 heteroatoms. The SMILES string of the molecule is CC(C)(C)S(=O)(=O)CC(=O)Nc1cc(C(=O)O)ccc1F. The van der Waals surface area contributed by atoms with Crippen molar-refractivity contribution in [1.29, 1.82) is 0 Å². The summed E-state index contributed by atoms with van der Waals surface area (Å²) in [7, 11) is -3.71. The number of nitrogens with one attached hydrogen (secondary N) is 1. The van der Waals surface area contributed by atoms with Crippen molar-refractivity contribution in [3.63, 3.8) is 0 Å². The van der Waals surface area contributed by atoms with Gasteiger partial charge in [0.1, 0.15) is 11.6 Å². The molecule has 1 rings (SSSR count). The third kappa shape index (κ3) is 4.25. The zero-order valence-electron chi connectivity index (χ0n) is 11.8. The van der Waals surface area contributed by atoms with E-state index in [9.17, 15) is 22.4 Å². The van der Waals surface area contributed by atoms with Gasteiger partial charge in [-0.2, -0.15) is 0 Å². The van der Waals surface area contributed by atoms with E-state index in [1.165, 1.54) is 20.8 Å². The van der Waals surface area contributed by atoms with Gasteiger partial charge in [0.15, 0.2) is 9.84 Å². The van der Waals surface area contributed by atoms with Crippen LogP contribution in [-0.2, 0) is 14.6 Å². The predicted octanol–water partition coefficient (Wildman–Crippen LogP) is 1.68. The van der Waals surface area contributed by atoms with Crippen molar-refractivity contribution in [2.24, 2.45) is 0 Å². The number of carboxylic acids is 1. The molecular formula is C13H16FNO5S. The summed E-state index contributed by atoms with van der Waals surface area (Å²) in [5, 5.41) is 10.9. The van der Waals surface area contributed by atoms with Gasteiger partial charge in [0.2, 0.25) is 5.91 Å². The molecule has 2 N–H and O–H groups in total. The summed E-state index contributed by atoms with van der Waals surface area (Å²) < 4.78 is 36.1. The molecule has 0 heterocycles. The Bertz CT molecular complexity index is 676. The van der Waals surface area contributed by atoms with E-state index >= 15 is 0 Å². The van der Waals surface area contributed by atoms with Crippen LogP contribution in [-0.4, -0.2) is 35.9 Å². The number of aromatic carboxylic acids is 1. The minimum Gasteiger partial charge on any atom is -0.478 e. The molecule has 6 nitrogen and oxygen atoms in total. The maximum absolute atomic E-state index is 13.5. The third-order valence-corrected chi connectivity index (χ3v) is 5.25. The molecular weight excluding hydrogens is 301 g/mol. The van der Waals surface area contributed by atoms with Gasteiger partial charge >= 0.3 is 5.97 Å². The van der Waals surface area contributed by atoms with E-state index in [-0.39, 0.29) is 11.3 Å². The van der Waals surface area contributed by atoms with Crippen LogP contribution in [0.3, 0.4) is 0 Å². The fourth-order valence-electron chi connectivity index (χ4n) is 1.33. The molecule has 1 amide bonds. The quantitative estimate of drug-likeness (QED) is 0.880. The molecule has 0 unspecified atom stereocenters. The number of amides is 1. The third-order valence-electron chi connectivity index (χ3n) is 2.74. The first-order chi connectivity index (χ1) is 9.44. The Morgan fingerprint density at radius 1 is 1.29 bits per heavy atom. The molecule has 0 radical (unpaired) electrons. The van der Waals surface area contributed by atoms with Crippen LogP contribution in [0.4, 0.5) is 10.1 Å². The molecule has 0 aliphatic rings. The number of hydrogen-bond acceptors (Lipinski definition) is 4. The summed E-state index contributed by atoms with van der Waals surface area (Å²) in [6, 6.07) is 2.86. The Morgan fingerprint density at radius 2 is 1.86 bits per heavy atom. The van der Waals surface area contributed by atoms with Gasteiger partial charge in [-0.05, 0) is 39.0 Å². The van der Waals surface area contributed by atoms with E-state index in [1.807, 2.05) is 0 Å². The minimum absolute atomic E-state index is 0.217. The Kier molecular flexibility index (Phi) is 4.72. The lowest BCUT2D eigenvalue weighted by Gasteiger charge is -2.18. The number of benzene rings is 1. The topological polar surface area (TPSA) is 101 Å². The van der Waals surface area contributed by atoms with Crippen LogP contribution in [0, 0.1) is 5.82 Å². The van der Waals surface area contributed by atoms with Gasteiger partial charge in [0.25, 0.3) is 0 Å². The van der Waals surface area contributed by atoms with E-state index in [4.69, 9.17) is 5.11 Å². The Labute approximate surface area is 121 Å². The van der Waals surface area contributed by atoms with E-state index < -0.39 is 38.0 Å². The first-order valence-electron chi connectivity index (χ1n) is 5.99. The minimum atomic E-state index is -3.71. The number of rotatable bonds is 4. The van der Waals surface area contributed by atoms with Crippen molar-refractivity contribution in [2.45, 2.75) is 25.5 Å². The molecule has 116 valence electrons. The van der Waals surface area contributed by atoms with E-state index in [0.717, 1.165) is 18.2 Å². The monoisotopic (exact) mass is 317 g/mol. The summed E-state index contributed by atoms with van der Waals surface area (Å²) in [5.41, 5.74) is -0.589. The zero-order valence-corrected chi connectivity index (χ0v) is 12.6. The fourth-order valence-corrected chi connectivity index (χ4v) is 2.18. The normalized spacial score (nSPS) is 12.0. The van der Waals surface area contributed by atoms with Crippen molar-refractivity contribution >= 4 is 27.4 Å². The second-order valence-corrected chi connectivity index (χ2v) is 8.16. The zero-order chi connectivity index (χ0) is 16.4. The first kappa shape index (κ1) is 17.1. The molecule has 0 fully saturated rings. The van der Waals surface area contributed by atoms with Crippen molar-refractivity contribution in [1.82, 2.24) is 0 Å². The molecule has 0 aliphatic heterocycles. The van der Waals surface area contributed by atoms with Gasteiger partial charge in [-0.3, -0.25) is 4.79 Å². The lowest BCUT2D eigenvalue weighted by molar-refractivity contribution is -0.113. The number of halogens is 1. The van der Waals surface area contributed by atoms with Crippen LogP contribution in [0.1, 0.15) is 31.1 Å². The Morgan fingerprint density at radius 3 is 2.33 bits per heavy atom. The van der Waals surface area contributed by atoms with Crippen molar-refractivity contribution < 1.29 is 27.5 Å². The van der Waals surface area contributed by atoms with Gasteiger partial charge in [0, 0.05) is 0 Å². The first-order valence-corrected chi connectivity index (χ1v) is 7.64. The molecule has 1 aromatic rings. The molecule has 1 aromatic carbocycles. The number of sulfone groups is 1. The van der Waals surface area contributed by atoms with Crippen LogP contribution < -0.4 is 5.32 Å². The number of anilines is 1. The molecule has 0 aromatic heterocycles. The Hall–Kier alpha value is -1.96. The molecule has 0 bridgehead atoms. The number of hydrogen-bond donors (Lipinski definition) is 2. The summed E-state index contributed by atoms with van der Waals surface area (Å²) in [5.74, 6) is -3.87. The van der Waals surface area contributed by atoms with Crippen LogP contribution in [0.5, 0.6) is 0 Å². The highest BCUT2D eigenvalue weighted by Crippen LogP contribution is 2.19. The predicted molar refractivity (Wildman–Crippen MR) is 75.5 cm³/mol. The largest absolute Gasteiger partial charge is 0.478 e. The maximum Gasteiger partial charge on any atom is 0.335 e. The lowest BCUT2D eigenvalue weighted by atomic mass is 10.2. The van der Waals surface area contributed by atoms with Crippen molar-refractivity contribution in [3.05, 3.63) is 29.6 Å². The number of carbonyl (C=O) groups is 2. The smallest absolute Gasteiger partial charge is 0.335 e. The maximum atomic E-state index is 13.5. The van der Waals surface area contributed by atoms with Crippen LogP contribution in [0.25, 0.3) is 0 Å². The highest BCUT2D eigenvalue weighted by Gasteiger charge is 2.31. The van der Waals surface area contributed by atoms with E-state index in [1.54, 1.807) is 0 Å². The molecule has 21 heavy (non-hydrogen) atoms. The molecule has 0 spiro atoms. The molecule has 0 atom stereocenters. The molecule has 0 aliphatic carbocycles. The van der Waals surface area contributed by atoms with E-state index in [2.05, 4.69) is 5.32 Å². The number of carbonyl (C=O) groups excluding carboxylic acids is 1. The van der Waals surface area contributed by atoms with Gasteiger partial charge in [-0.1, -0.05) is 0 Å². The summed E-state index contributed by atoms with van der Waals surface area (Å²) >= 11 is 0. The van der Waals surface area contributed by atoms with Gasteiger partial charge < -0.3 is 10.4 Å². The van der Waals surface area contributed by atoms with Crippen molar-refractivity contribution in [3.8, 4) is 0 Å². The highest BCUT2D eigenvalue weighted by molar-refractivity contribution is 7.93. The van der Waals surface area contributed by atoms with E-state index in [0.29, 0.717) is 0 Å². The van der Waals surface area contributed by atoms with Gasteiger partial charge in [-0.15, -0.1) is 0 Å². The average Bonchev–Trinajstić information content (AvgIpc) is 2.29. The van der Waals surface area contributed by atoms with Crippen LogP contribution in [0.2, 0.25) is 0 Å². The summed E-state index contributed by atoms with van der Waals surface area (Å²) in [6.07, 6.45) is 0.